The lowest BCUT2D eigenvalue weighted by Gasteiger charge is -2.18. The summed E-state index contributed by atoms with van der Waals surface area (Å²) in [4.78, 5) is 18.3. The van der Waals surface area contributed by atoms with Gasteiger partial charge < -0.3 is 10.3 Å². The second-order valence-corrected chi connectivity index (χ2v) is 4.47. The van der Waals surface area contributed by atoms with Gasteiger partial charge in [-0.05, 0) is 38.5 Å². The molecule has 0 atom stereocenters. The molecule has 2 aliphatic carbocycles. The van der Waals surface area contributed by atoms with Crippen molar-refractivity contribution in [3.63, 3.8) is 0 Å². The monoisotopic (exact) mass is 205 g/mol. The Balaban J connectivity index is 2.01. The molecule has 0 radical (unpaired) electrons. The number of hydrogen-bond donors (Lipinski definition) is 2. The standard InChI is InChI=1S/C11H15N3O/c15-11-13-9-4-2-1-3-8(9)10(14-11)12-7-5-6-7/h7H,1-6H2,(H2,12,13,14,15). The smallest absolute Gasteiger partial charge is 0.347 e. The highest BCUT2D eigenvalue weighted by atomic mass is 16.1. The molecule has 0 amide bonds. The van der Waals surface area contributed by atoms with Crippen LogP contribution in [0.4, 0.5) is 5.82 Å². The van der Waals surface area contributed by atoms with Crippen LogP contribution in [0, 0.1) is 0 Å². The number of rotatable bonds is 2. The van der Waals surface area contributed by atoms with Crippen LogP contribution < -0.4 is 11.0 Å². The normalized spacial score (nSPS) is 19.7. The van der Waals surface area contributed by atoms with Gasteiger partial charge in [-0.25, -0.2) is 4.79 Å². The van der Waals surface area contributed by atoms with E-state index >= 15 is 0 Å². The van der Waals surface area contributed by atoms with Gasteiger partial charge in [0, 0.05) is 17.3 Å². The van der Waals surface area contributed by atoms with Crippen molar-refractivity contribution >= 4 is 5.82 Å². The van der Waals surface area contributed by atoms with E-state index in [9.17, 15) is 4.79 Å². The van der Waals surface area contributed by atoms with E-state index in [-0.39, 0.29) is 5.69 Å². The summed E-state index contributed by atoms with van der Waals surface area (Å²) in [7, 11) is 0. The number of aromatic amines is 1. The summed E-state index contributed by atoms with van der Waals surface area (Å²) in [5.74, 6) is 0.843. The molecule has 15 heavy (non-hydrogen) atoms. The van der Waals surface area contributed by atoms with E-state index < -0.39 is 0 Å². The summed E-state index contributed by atoms with van der Waals surface area (Å²) in [5, 5.41) is 3.35. The molecule has 0 spiro atoms. The minimum absolute atomic E-state index is 0.209. The summed E-state index contributed by atoms with van der Waals surface area (Å²) in [6, 6.07) is 0.560. The van der Waals surface area contributed by atoms with Gasteiger partial charge in [-0.3, -0.25) is 0 Å². The Morgan fingerprint density at radius 2 is 2.07 bits per heavy atom. The van der Waals surface area contributed by atoms with Crippen molar-refractivity contribution in [1.29, 1.82) is 0 Å². The number of anilines is 1. The molecule has 1 aromatic heterocycles. The number of aromatic nitrogens is 2. The highest BCUT2D eigenvalue weighted by Crippen LogP contribution is 2.28. The minimum Gasteiger partial charge on any atom is -0.367 e. The highest BCUT2D eigenvalue weighted by molar-refractivity contribution is 5.48. The largest absolute Gasteiger partial charge is 0.367 e. The zero-order valence-electron chi connectivity index (χ0n) is 8.68. The third kappa shape index (κ3) is 1.76. The molecule has 0 aliphatic heterocycles. The van der Waals surface area contributed by atoms with Crippen LogP contribution in [0.1, 0.15) is 36.9 Å². The maximum atomic E-state index is 11.4. The molecule has 0 saturated heterocycles. The van der Waals surface area contributed by atoms with Crippen LogP contribution in [-0.2, 0) is 12.8 Å². The van der Waals surface area contributed by atoms with Gasteiger partial charge in [0.2, 0.25) is 0 Å². The topological polar surface area (TPSA) is 57.8 Å². The van der Waals surface area contributed by atoms with E-state index in [1.165, 1.54) is 31.2 Å². The zero-order valence-corrected chi connectivity index (χ0v) is 8.68. The number of fused-ring (bicyclic) bond motifs is 1. The Morgan fingerprint density at radius 1 is 1.27 bits per heavy atom. The Bertz CT molecular complexity index is 434. The lowest BCUT2D eigenvalue weighted by molar-refractivity contribution is 0.659. The molecule has 0 aromatic carbocycles. The molecule has 1 aromatic rings. The first-order valence-electron chi connectivity index (χ1n) is 5.71. The van der Waals surface area contributed by atoms with Crippen LogP contribution in [0.15, 0.2) is 4.79 Å². The van der Waals surface area contributed by atoms with Crippen molar-refractivity contribution in [3.05, 3.63) is 21.7 Å². The second kappa shape index (κ2) is 3.36. The molecule has 1 saturated carbocycles. The van der Waals surface area contributed by atoms with Crippen molar-refractivity contribution in [3.8, 4) is 0 Å². The SMILES string of the molecule is O=c1nc(NC2CC2)c2c([nH]1)CCCC2. The van der Waals surface area contributed by atoms with Crippen molar-refractivity contribution < 1.29 is 0 Å². The fourth-order valence-electron chi connectivity index (χ4n) is 2.17. The van der Waals surface area contributed by atoms with E-state index in [2.05, 4.69) is 15.3 Å². The second-order valence-electron chi connectivity index (χ2n) is 4.47. The first-order valence-corrected chi connectivity index (χ1v) is 5.71. The third-order valence-electron chi connectivity index (χ3n) is 3.14. The summed E-state index contributed by atoms with van der Waals surface area (Å²) < 4.78 is 0. The first kappa shape index (κ1) is 8.95. The predicted molar refractivity (Wildman–Crippen MR) is 58.1 cm³/mol. The van der Waals surface area contributed by atoms with E-state index in [0.717, 1.165) is 24.4 Å². The maximum Gasteiger partial charge on any atom is 0.347 e. The van der Waals surface area contributed by atoms with Gasteiger partial charge in [0.1, 0.15) is 5.82 Å². The fraction of sp³-hybridized carbons (Fsp3) is 0.636. The van der Waals surface area contributed by atoms with Gasteiger partial charge in [-0.2, -0.15) is 4.98 Å². The molecule has 3 rings (SSSR count). The lowest BCUT2D eigenvalue weighted by atomic mass is 9.96. The minimum atomic E-state index is -0.209. The third-order valence-corrected chi connectivity index (χ3v) is 3.14. The highest BCUT2D eigenvalue weighted by Gasteiger charge is 2.24. The fourth-order valence-corrected chi connectivity index (χ4v) is 2.17. The Hall–Kier alpha value is -1.32. The van der Waals surface area contributed by atoms with Crippen LogP contribution in [0.5, 0.6) is 0 Å². The first-order chi connectivity index (χ1) is 7.33. The van der Waals surface area contributed by atoms with Crippen LogP contribution in [-0.4, -0.2) is 16.0 Å². The molecule has 0 unspecified atom stereocenters. The summed E-state index contributed by atoms with van der Waals surface area (Å²) in [5.41, 5.74) is 2.14. The number of nitrogens with zero attached hydrogens (tertiary/aromatic N) is 1. The van der Waals surface area contributed by atoms with Crippen LogP contribution in [0.3, 0.4) is 0 Å². The molecule has 2 N–H and O–H groups in total. The van der Waals surface area contributed by atoms with Gasteiger partial charge in [0.25, 0.3) is 0 Å². The number of hydrogen-bond acceptors (Lipinski definition) is 3. The van der Waals surface area contributed by atoms with Gasteiger partial charge in [-0.15, -0.1) is 0 Å². The Kier molecular flexibility index (Phi) is 2.01. The van der Waals surface area contributed by atoms with Crippen molar-refractivity contribution in [1.82, 2.24) is 9.97 Å². The number of nitrogens with one attached hydrogen (secondary N) is 2. The van der Waals surface area contributed by atoms with E-state index in [1.807, 2.05) is 0 Å². The molecule has 1 fully saturated rings. The van der Waals surface area contributed by atoms with Gasteiger partial charge in [0.15, 0.2) is 0 Å². The number of H-pyrrole nitrogens is 1. The predicted octanol–water partition coefficient (Wildman–Crippen LogP) is 1.22. The van der Waals surface area contributed by atoms with E-state index in [4.69, 9.17) is 0 Å². The van der Waals surface area contributed by atoms with Crippen LogP contribution in [0.25, 0.3) is 0 Å². The lowest BCUT2D eigenvalue weighted by Crippen LogP contribution is -2.22. The van der Waals surface area contributed by atoms with E-state index in [0.29, 0.717) is 6.04 Å². The van der Waals surface area contributed by atoms with Gasteiger partial charge >= 0.3 is 5.69 Å². The molecule has 0 bridgehead atoms. The molecular formula is C11H15N3O. The van der Waals surface area contributed by atoms with Crippen molar-refractivity contribution in [2.75, 3.05) is 5.32 Å². The Morgan fingerprint density at radius 3 is 2.87 bits per heavy atom. The van der Waals surface area contributed by atoms with Crippen molar-refractivity contribution in [2.45, 2.75) is 44.6 Å². The van der Waals surface area contributed by atoms with E-state index in [1.54, 1.807) is 0 Å². The molecular weight excluding hydrogens is 190 g/mol. The van der Waals surface area contributed by atoms with Crippen LogP contribution >= 0.6 is 0 Å². The quantitative estimate of drug-likeness (QED) is 0.763. The number of aryl methyl sites for hydroxylation is 1. The van der Waals surface area contributed by atoms with Gasteiger partial charge in [-0.1, -0.05) is 0 Å². The van der Waals surface area contributed by atoms with Gasteiger partial charge in [0.05, 0.1) is 0 Å². The summed E-state index contributed by atoms with van der Waals surface area (Å²) in [6.07, 6.45) is 6.85. The average Bonchev–Trinajstić information content (AvgIpc) is 3.01. The molecule has 4 nitrogen and oxygen atoms in total. The molecule has 80 valence electrons. The molecule has 2 aliphatic rings. The molecule has 1 heterocycles. The average molecular weight is 205 g/mol. The Labute approximate surface area is 88.1 Å². The molecule has 4 heteroatoms. The zero-order chi connectivity index (χ0) is 10.3. The summed E-state index contributed by atoms with van der Waals surface area (Å²) >= 11 is 0. The summed E-state index contributed by atoms with van der Waals surface area (Å²) in [6.45, 7) is 0. The maximum absolute atomic E-state index is 11.4. The van der Waals surface area contributed by atoms with Crippen molar-refractivity contribution in [2.24, 2.45) is 0 Å². The van der Waals surface area contributed by atoms with Crippen LogP contribution in [0.2, 0.25) is 0 Å².